The standard InChI is InChI=1S/C20H32/c1-14-7-6-11-20(5)12-10-17-15(2)8-9-16(13-18(14)20)19(17,3)4/h7,16,18H,6,8-13H2,1-5H3/t16?,18?,20-/m0/s1. The van der Waals surface area contributed by atoms with E-state index in [0.29, 0.717) is 10.8 Å². The van der Waals surface area contributed by atoms with E-state index in [4.69, 9.17) is 0 Å². The molecule has 2 bridgehead atoms. The second-order valence-electron chi connectivity index (χ2n) is 8.65. The highest BCUT2D eigenvalue weighted by molar-refractivity contribution is 5.27. The molecule has 1 fully saturated rings. The SMILES string of the molecule is CC1=CCC[C@@]2(C)CCC3=C(C)CCC(CC12)C3(C)C. The first-order valence-electron chi connectivity index (χ1n) is 8.70. The maximum atomic E-state index is 2.58. The minimum atomic E-state index is 0.446. The van der Waals surface area contributed by atoms with Gasteiger partial charge in [-0.15, -0.1) is 0 Å². The first-order chi connectivity index (χ1) is 9.34. The van der Waals surface area contributed by atoms with Crippen LogP contribution in [0.15, 0.2) is 22.8 Å². The van der Waals surface area contributed by atoms with Crippen LogP contribution in [0.5, 0.6) is 0 Å². The quantitative estimate of drug-likeness (QED) is 0.455. The van der Waals surface area contributed by atoms with Gasteiger partial charge >= 0.3 is 0 Å². The van der Waals surface area contributed by atoms with E-state index in [9.17, 15) is 0 Å². The molecule has 0 spiro atoms. The van der Waals surface area contributed by atoms with Gasteiger partial charge in [-0.3, -0.25) is 0 Å². The van der Waals surface area contributed by atoms with Crippen molar-refractivity contribution < 1.29 is 0 Å². The molecule has 0 heteroatoms. The first-order valence-corrected chi connectivity index (χ1v) is 8.70. The molecule has 2 unspecified atom stereocenters. The summed E-state index contributed by atoms with van der Waals surface area (Å²) in [5.41, 5.74) is 6.25. The molecule has 3 aliphatic carbocycles. The van der Waals surface area contributed by atoms with Crippen LogP contribution in [0.25, 0.3) is 0 Å². The summed E-state index contributed by atoms with van der Waals surface area (Å²) in [6.07, 6.45) is 12.2. The molecule has 1 saturated carbocycles. The van der Waals surface area contributed by atoms with Gasteiger partial charge < -0.3 is 0 Å². The highest BCUT2D eigenvalue weighted by Gasteiger charge is 2.46. The fourth-order valence-electron chi connectivity index (χ4n) is 5.61. The Bertz CT molecular complexity index is 462. The van der Waals surface area contributed by atoms with Gasteiger partial charge in [0.05, 0.1) is 0 Å². The first kappa shape index (κ1) is 14.4. The van der Waals surface area contributed by atoms with Gasteiger partial charge in [0.1, 0.15) is 0 Å². The van der Waals surface area contributed by atoms with Crippen molar-refractivity contribution in [1.82, 2.24) is 0 Å². The van der Waals surface area contributed by atoms with Crippen molar-refractivity contribution in [2.45, 2.75) is 79.6 Å². The molecule has 0 heterocycles. The molecule has 0 radical (unpaired) electrons. The molecule has 3 atom stereocenters. The molecule has 112 valence electrons. The van der Waals surface area contributed by atoms with Crippen LogP contribution in [0.2, 0.25) is 0 Å². The van der Waals surface area contributed by atoms with Crippen LogP contribution in [-0.4, -0.2) is 0 Å². The number of fused-ring (bicyclic) bond motifs is 3. The molecule has 0 aromatic carbocycles. The van der Waals surface area contributed by atoms with Crippen molar-refractivity contribution in [3.05, 3.63) is 22.8 Å². The summed E-state index contributed by atoms with van der Waals surface area (Å²) < 4.78 is 0. The molecule has 0 amide bonds. The van der Waals surface area contributed by atoms with Gasteiger partial charge in [-0.1, -0.05) is 43.6 Å². The van der Waals surface area contributed by atoms with Crippen LogP contribution in [0, 0.1) is 22.7 Å². The predicted molar refractivity (Wildman–Crippen MR) is 87.6 cm³/mol. The third kappa shape index (κ3) is 2.11. The summed E-state index contributed by atoms with van der Waals surface area (Å²) in [6.45, 7) is 12.4. The summed E-state index contributed by atoms with van der Waals surface area (Å²) >= 11 is 0. The lowest BCUT2D eigenvalue weighted by Crippen LogP contribution is -2.41. The van der Waals surface area contributed by atoms with E-state index in [2.05, 4.69) is 40.7 Å². The van der Waals surface area contributed by atoms with E-state index in [1.54, 1.807) is 11.1 Å². The van der Waals surface area contributed by atoms with Crippen molar-refractivity contribution >= 4 is 0 Å². The Hall–Kier alpha value is -0.520. The van der Waals surface area contributed by atoms with E-state index in [-0.39, 0.29) is 0 Å². The largest absolute Gasteiger partial charge is 0.0853 e. The Morgan fingerprint density at radius 3 is 2.55 bits per heavy atom. The van der Waals surface area contributed by atoms with E-state index >= 15 is 0 Å². The second kappa shape index (κ2) is 4.75. The summed E-state index contributed by atoms with van der Waals surface area (Å²) in [4.78, 5) is 0. The zero-order valence-electron chi connectivity index (χ0n) is 14.2. The Morgan fingerprint density at radius 2 is 1.80 bits per heavy atom. The maximum absolute atomic E-state index is 2.58. The Labute approximate surface area is 125 Å². The zero-order chi connectivity index (χ0) is 14.5. The third-order valence-electron chi connectivity index (χ3n) is 7.22. The van der Waals surface area contributed by atoms with Crippen LogP contribution in [0.4, 0.5) is 0 Å². The van der Waals surface area contributed by atoms with Crippen LogP contribution in [-0.2, 0) is 0 Å². The fraction of sp³-hybridized carbons (Fsp3) is 0.800. The molecule has 0 aromatic heterocycles. The van der Waals surface area contributed by atoms with Crippen molar-refractivity contribution in [1.29, 1.82) is 0 Å². The minimum Gasteiger partial charge on any atom is -0.0853 e. The van der Waals surface area contributed by atoms with Crippen molar-refractivity contribution in [2.24, 2.45) is 22.7 Å². The smallest absolute Gasteiger partial charge is 0.0114 e. The van der Waals surface area contributed by atoms with Gasteiger partial charge in [0, 0.05) is 0 Å². The zero-order valence-corrected chi connectivity index (χ0v) is 14.2. The van der Waals surface area contributed by atoms with Gasteiger partial charge in [0.25, 0.3) is 0 Å². The number of hydrogen-bond donors (Lipinski definition) is 0. The van der Waals surface area contributed by atoms with Crippen molar-refractivity contribution in [3.8, 4) is 0 Å². The number of allylic oxidation sites excluding steroid dienone is 4. The summed E-state index contributed by atoms with van der Waals surface area (Å²) in [5, 5.41) is 0. The third-order valence-corrected chi connectivity index (χ3v) is 7.22. The van der Waals surface area contributed by atoms with Crippen LogP contribution >= 0.6 is 0 Å². The molecule has 0 aliphatic heterocycles. The van der Waals surface area contributed by atoms with Gasteiger partial charge in [-0.05, 0) is 81.5 Å². The average Bonchev–Trinajstić information content (AvgIpc) is 2.35. The lowest BCUT2D eigenvalue weighted by molar-refractivity contribution is 0.0802. The van der Waals surface area contributed by atoms with Crippen LogP contribution in [0.1, 0.15) is 79.6 Å². The highest BCUT2D eigenvalue weighted by Crippen LogP contribution is 2.57. The normalized spacial score (nSPS) is 40.5. The summed E-state index contributed by atoms with van der Waals surface area (Å²) in [6, 6.07) is 0. The Morgan fingerprint density at radius 1 is 1.05 bits per heavy atom. The fourth-order valence-corrected chi connectivity index (χ4v) is 5.61. The van der Waals surface area contributed by atoms with E-state index in [1.807, 2.05) is 5.57 Å². The molecule has 0 N–H and O–H groups in total. The molecular formula is C20H32. The van der Waals surface area contributed by atoms with Crippen LogP contribution < -0.4 is 0 Å². The number of hydrogen-bond acceptors (Lipinski definition) is 0. The maximum Gasteiger partial charge on any atom is -0.0114 e. The topological polar surface area (TPSA) is 0 Å². The molecule has 3 rings (SSSR count). The van der Waals surface area contributed by atoms with Gasteiger partial charge in [-0.2, -0.15) is 0 Å². The molecule has 0 saturated heterocycles. The summed E-state index contributed by atoms with van der Waals surface area (Å²) in [5.74, 6) is 1.74. The Kier molecular flexibility index (Phi) is 3.42. The second-order valence-corrected chi connectivity index (χ2v) is 8.65. The van der Waals surface area contributed by atoms with Gasteiger partial charge in [0.15, 0.2) is 0 Å². The van der Waals surface area contributed by atoms with E-state index in [1.165, 1.54) is 44.9 Å². The molecular weight excluding hydrogens is 240 g/mol. The summed E-state index contributed by atoms with van der Waals surface area (Å²) in [7, 11) is 0. The molecule has 0 nitrogen and oxygen atoms in total. The van der Waals surface area contributed by atoms with Crippen molar-refractivity contribution in [3.63, 3.8) is 0 Å². The lowest BCUT2D eigenvalue weighted by Gasteiger charge is -2.52. The van der Waals surface area contributed by atoms with E-state index in [0.717, 1.165) is 11.8 Å². The van der Waals surface area contributed by atoms with Gasteiger partial charge in [0.2, 0.25) is 0 Å². The van der Waals surface area contributed by atoms with Gasteiger partial charge in [-0.25, -0.2) is 0 Å². The lowest BCUT2D eigenvalue weighted by atomic mass is 9.53. The average molecular weight is 272 g/mol. The minimum absolute atomic E-state index is 0.446. The van der Waals surface area contributed by atoms with Crippen LogP contribution in [0.3, 0.4) is 0 Å². The number of rotatable bonds is 0. The Balaban J connectivity index is 2.01. The monoisotopic (exact) mass is 272 g/mol. The van der Waals surface area contributed by atoms with E-state index < -0.39 is 0 Å². The highest BCUT2D eigenvalue weighted by atomic mass is 14.5. The van der Waals surface area contributed by atoms with Crippen molar-refractivity contribution in [2.75, 3.05) is 0 Å². The molecule has 20 heavy (non-hydrogen) atoms. The molecule has 0 aromatic rings. The molecule has 3 aliphatic rings. The predicted octanol–water partition coefficient (Wildman–Crippen LogP) is 6.29.